The first-order chi connectivity index (χ1) is 14.1. The Morgan fingerprint density at radius 2 is 1.77 bits per heavy atom. The molecule has 0 radical (unpaired) electrons. The molecule has 1 aliphatic heterocycles. The van der Waals surface area contributed by atoms with Crippen LogP contribution in [-0.2, 0) is 17.5 Å². The molecule has 2 atom stereocenters. The first-order valence-electron chi connectivity index (χ1n) is 9.69. The molecule has 0 unspecified atom stereocenters. The number of alkyl halides is 3. The van der Waals surface area contributed by atoms with Crippen LogP contribution in [0.4, 0.5) is 13.2 Å². The van der Waals surface area contributed by atoms with Crippen LogP contribution in [0.1, 0.15) is 52.9 Å². The van der Waals surface area contributed by atoms with Crippen molar-refractivity contribution in [1.82, 2.24) is 10.2 Å². The summed E-state index contributed by atoms with van der Waals surface area (Å²) in [6.07, 6.45) is -2.86. The fourth-order valence-electron chi connectivity index (χ4n) is 3.65. The molecule has 0 spiro atoms. The number of hydrogen-bond acceptors (Lipinski definition) is 3. The molecule has 1 amide bonds. The second-order valence-corrected chi connectivity index (χ2v) is 7.48. The Labute approximate surface area is 172 Å². The van der Waals surface area contributed by atoms with Crippen molar-refractivity contribution >= 4 is 11.9 Å². The fourth-order valence-corrected chi connectivity index (χ4v) is 3.65. The lowest BCUT2D eigenvalue weighted by molar-refractivity contribution is -0.137. The number of aromatic carboxylic acids is 1. The maximum absolute atomic E-state index is 12.8. The molecule has 1 heterocycles. The molecule has 30 heavy (non-hydrogen) atoms. The lowest BCUT2D eigenvalue weighted by Crippen LogP contribution is -2.43. The largest absolute Gasteiger partial charge is 0.478 e. The summed E-state index contributed by atoms with van der Waals surface area (Å²) in [6, 6.07) is 10.7. The molecular weight excluding hydrogens is 397 g/mol. The average molecular weight is 420 g/mol. The monoisotopic (exact) mass is 420 g/mol. The van der Waals surface area contributed by atoms with E-state index in [0.717, 1.165) is 29.7 Å². The zero-order valence-electron chi connectivity index (χ0n) is 16.4. The van der Waals surface area contributed by atoms with Crippen molar-refractivity contribution in [3.05, 3.63) is 70.8 Å². The molecule has 0 bridgehead atoms. The number of hydrogen-bond donors (Lipinski definition) is 2. The topological polar surface area (TPSA) is 69.6 Å². The number of benzene rings is 2. The number of carbonyl (C=O) groups is 2. The summed E-state index contributed by atoms with van der Waals surface area (Å²) < 4.78 is 38.2. The van der Waals surface area contributed by atoms with Crippen LogP contribution in [0.2, 0.25) is 0 Å². The minimum Gasteiger partial charge on any atom is -0.478 e. The highest BCUT2D eigenvalue weighted by molar-refractivity contribution is 5.87. The van der Waals surface area contributed by atoms with E-state index in [1.165, 1.54) is 24.3 Å². The van der Waals surface area contributed by atoms with E-state index < -0.39 is 17.7 Å². The molecule has 1 fully saturated rings. The van der Waals surface area contributed by atoms with Crippen LogP contribution in [-0.4, -0.2) is 34.5 Å². The van der Waals surface area contributed by atoms with E-state index in [1.54, 1.807) is 12.1 Å². The van der Waals surface area contributed by atoms with Gasteiger partial charge in [-0.2, -0.15) is 13.2 Å². The van der Waals surface area contributed by atoms with Crippen molar-refractivity contribution in [2.75, 3.05) is 6.54 Å². The average Bonchev–Trinajstić information content (AvgIpc) is 3.16. The van der Waals surface area contributed by atoms with Crippen molar-refractivity contribution in [3.63, 3.8) is 0 Å². The number of carboxylic acid groups (broad SMARTS) is 1. The van der Waals surface area contributed by atoms with E-state index in [1.807, 2.05) is 11.8 Å². The lowest BCUT2D eigenvalue weighted by Gasteiger charge is -2.25. The maximum Gasteiger partial charge on any atom is 0.416 e. The number of likely N-dealkylation sites (tertiary alicyclic amines) is 1. The summed E-state index contributed by atoms with van der Waals surface area (Å²) in [5.41, 5.74) is 1.00. The van der Waals surface area contributed by atoms with E-state index in [4.69, 9.17) is 5.11 Å². The minimum atomic E-state index is -4.37. The summed E-state index contributed by atoms with van der Waals surface area (Å²) in [5, 5.41) is 11.9. The van der Waals surface area contributed by atoms with Crippen LogP contribution in [0.15, 0.2) is 48.5 Å². The van der Waals surface area contributed by atoms with E-state index in [0.29, 0.717) is 19.5 Å². The first kappa shape index (κ1) is 21.8. The fraction of sp³-hybridized carbons (Fsp3) is 0.364. The minimum absolute atomic E-state index is 0.144. The zero-order chi connectivity index (χ0) is 21.9. The van der Waals surface area contributed by atoms with Crippen LogP contribution in [0, 0.1) is 0 Å². The standard InChI is InChI=1S/C22H23F3N2O3/c1-14(16-6-8-17(9-7-16)21(29)30)26-20(28)19-3-2-12-27(19)13-15-4-10-18(11-5-15)22(23,24)25/h4-11,14,19H,2-3,12-13H2,1H3,(H,26,28)(H,29,30)/t14-,19+/m0/s1. The second-order valence-electron chi connectivity index (χ2n) is 7.48. The van der Waals surface area contributed by atoms with Gasteiger partial charge in [0.2, 0.25) is 5.91 Å². The Hall–Kier alpha value is -2.87. The number of carboxylic acids is 1. The van der Waals surface area contributed by atoms with Gasteiger partial charge >= 0.3 is 12.1 Å². The van der Waals surface area contributed by atoms with Gasteiger partial charge in [-0.1, -0.05) is 24.3 Å². The molecule has 3 rings (SSSR count). The summed E-state index contributed by atoms with van der Waals surface area (Å²) in [5.74, 6) is -1.16. The van der Waals surface area contributed by atoms with Gasteiger partial charge in [-0.3, -0.25) is 9.69 Å². The number of carbonyl (C=O) groups excluding carboxylic acids is 1. The molecule has 1 saturated heterocycles. The van der Waals surface area contributed by atoms with E-state index in [2.05, 4.69) is 5.32 Å². The van der Waals surface area contributed by atoms with Crippen LogP contribution in [0.3, 0.4) is 0 Å². The number of nitrogens with zero attached hydrogens (tertiary/aromatic N) is 1. The van der Waals surface area contributed by atoms with Gasteiger partial charge in [0.05, 0.1) is 23.2 Å². The Balaban J connectivity index is 1.61. The van der Waals surface area contributed by atoms with Crippen LogP contribution < -0.4 is 5.32 Å². The molecular formula is C22H23F3N2O3. The maximum atomic E-state index is 12.8. The smallest absolute Gasteiger partial charge is 0.416 e. The predicted molar refractivity (Wildman–Crippen MR) is 105 cm³/mol. The van der Waals surface area contributed by atoms with Gasteiger partial charge < -0.3 is 10.4 Å². The number of rotatable bonds is 6. The number of amides is 1. The van der Waals surface area contributed by atoms with E-state index in [9.17, 15) is 22.8 Å². The van der Waals surface area contributed by atoms with Crippen LogP contribution in [0.5, 0.6) is 0 Å². The summed E-state index contributed by atoms with van der Waals surface area (Å²) >= 11 is 0. The van der Waals surface area contributed by atoms with Crippen molar-refractivity contribution < 1.29 is 27.9 Å². The van der Waals surface area contributed by atoms with Crippen molar-refractivity contribution in [3.8, 4) is 0 Å². The molecule has 5 nitrogen and oxygen atoms in total. The molecule has 160 valence electrons. The van der Waals surface area contributed by atoms with Gasteiger partial charge in [-0.15, -0.1) is 0 Å². The normalized spacial score (nSPS) is 18.2. The van der Waals surface area contributed by atoms with Gasteiger partial charge in [0.1, 0.15) is 0 Å². The molecule has 2 aromatic rings. The van der Waals surface area contributed by atoms with Crippen molar-refractivity contribution in [1.29, 1.82) is 0 Å². The summed E-state index contributed by atoms with van der Waals surface area (Å²) in [7, 11) is 0. The molecule has 0 saturated carbocycles. The third-order valence-electron chi connectivity index (χ3n) is 5.35. The van der Waals surface area contributed by atoms with E-state index >= 15 is 0 Å². The molecule has 1 aliphatic rings. The molecule has 0 aromatic heterocycles. The third kappa shape index (κ3) is 5.18. The Bertz CT molecular complexity index is 895. The SMILES string of the molecule is C[C@H](NC(=O)[C@H]1CCCN1Cc1ccc(C(F)(F)F)cc1)c1ccc(C(=O)O)cc1. The summed E-state index contributed by atoms with van der Waals surface area (Å²) in [6.45, 7) is 2.92. The Morgan fingerprint density at radius 1 is 1.13 bits per heavy atom. The molecule has 2 aromatic carbocycles. The molecule has 0 aliphatic carbocycles. The van der Waals surface area contributed by atoms with Gasteiger partial charge in [0.15, 0.2) is 0 Å². The quantitative estimate of drug-likeness (QED) is 0.733. The number of halogens is 3. The number of nitrogens with one attached hydrogen (secondary N) is 1. The predicted octanol–water partition coefficient (Wildman–Crippen LogP) is 4.25. The lowest BCUT2D eigenvalue weighted by atomic mass is 10.1. The Morgan fingerprint density at radius 3 is 2.33 bits per heavy atom. The summed E-state index contributed by atoms with van der Waals surface area (Å²) in [4.78, 5) is 25.7. The van der Waals surface area contributed by atoms with Gasteiger partial charge in [-0.05, 0) is 61.7 Å². The van der Waals surface area contributed by atoms with Crippen LogP contribution in [0.25, 0.3) is 0 Å². The van der Waals surface area contributed by atoms with E-state index in [-0.39, 0.29) is 23.6 Å². The highest BCUT2D eigenvalue weighted by atomic mass is 19.4. The molecule has 2 N–H and O–H groups in total. The zero-order valence-corrected chi connectivity index (χ0v) is 16.4. The van der Waals surface area contributed by atoms with Crippen molar-refractivity contribution in [2.45, 2.75) is 44.6 Å². The molecule has 8 heteroatoms. The van der Waals surface area contributed by atoms with Crippen molar-refractivity contribution in [2.24, 2.45) is 0 Å². The Kier molecular flexibility index (Phi) is 6.45. The van der Waals surface area contributed by atoms with Crippen LogP contribution >= 0.6 is 0 Å². The van der Waals surface area contributed by atoms with Gasteiger partial charge in [-0.25, -0.2) is 4.79 Å². The first-order valence-corrected chi connectivity index (χ1v) is 9.69. The highest BCUT2D eigenvalue weighted by Gasteiger charge is 2.32. The van der Waals surface area contributed by atoms with Gasteiger partial charge in [0, 0.05) is 6.54 Å². The second kappa shape index (κ2) is 8.87. The third-order valence-corrected chi connectivity index (χ3v) is 5.35. The highest BCUT2D eigenvalue weighted by Crippen LogP contribution is 2.30. The van der Waals surface area contributed by atoms with Gasteiger partial charge in [0.25, 0.3) is 0 Å².